The predicted octanol–water partition coefficient (Wildman–Crippen LogP) is 3.00. The van der Waals surface area contributed by atoms with E-state index in [1.54, 1.807) is 31.3 Å². The van der Waals surface area contributed by atoms with Gasteiger partial charge in [-0.1, -0.05) is 11.6 Å². The summed E-state index contributed by atoms with van der Waals surface area (Å²) >= 11 is 5.82. The molecular weight excluding hydrogens is 250 g/mol. The van der Waals surface area contributed by atoms with Gasteiger partial charge in [-0.05, 0) is 38.1 Å². The Bertz CT molecular complexity index is 578. The molecule has 0 unspecified atom stereocenters. The SMILES string of the molecule is Cc1cc(NC(=O)c2cc(C)nc(Cl)c2)ccn1. The first-order valence-corrected chi connectivity index (χ1v) is 5.80. The zero-order valence-corrected chi connectivity index (χ0v) is 10.8. The van der Waals surface area contributed by atoms with E-state index in [4.69, 9.17) is 11.6 Å². The highest BCUT2D eigenvalue weighted by Gasteiger charge is 2.08. The highest BCUT2D eigenvalue weighted by molar-refractivity contribution is 6.29. The summed E-state index contributed by atoms with van der Waals surface area (Å²) in [5, 5.41) is 3.10. The van der Waals surface area contributed by atoms with Gasteiger partial charge in [0.15, 0.2) is 0 Å². The number of halogens is 1. The van der Waals surface area contributed by atoms with Gasteiger partial charge < -0.3 is 5.32 Å². The van der Waals surface area contributed by atoms with Gasteiger partial charge in [0.25, 0.3) is 5.91 Å². The summed E-state index contributed by atoms with van der Waals surface area (Å²) in [7, 11) is 0. The average molecular weight is 262 g/mol. The molecule has 1 N–H and O–H groups in total. The van der Waals surface area contributed by atoms with E-state index in [-0.39, 0.29) is 5.91 Å². The van der Waals surface area contributed by atoms with Gasteiger partial charge in [0, 0.05) is 28.8 Å². The summed E-state index contributed by atoms with van der Waals surface area (Å²) in [5.74, 6) is -0.215. The number of pyridine rings is 2. The normalized spacial score (nSPS) is 10.2. The van der Waals surface area contributed by atoms with Crippen molar-refractivity contribution in [2.45, 2.75) is 13.8 Å². The molecule has 0 fully saturated rings. The largest absolute Gasteiger partial charge is 0.322 e. The van der Waals surface area contributed by atoms with Crippen LogP contribution in [0.4, 0.5) is 5.69 Å². The van der Waals surface area contributed by atoms with Crippen molar-refractivity contribution in [2.75, 3.05) is 5.32 Å². The van der Waals surface area contributed by atoms with Crippen LogP contribution in [-0.2, 0) is 0 Å². The number of anilines is 1. The Hall–Kier alpha value is -1.94. The number of amides is 1. The van der Waals surface area contributed by atoms with Gasteiger partial charge in [-0.3, -0.25) is 9.78 Å². The van der Waals surface area contributed by atoms with Crippen molar-refractivity contribution in [3.05, 3.63) is 52.6 Å². The molecule has 4 nitrogen and oxygen atoms in total. The highest BCUT2D eigenvalue weighted by Crippen LogP contribution is 2.13. The number of nitrogens with zero attached hydrogens (tertiary/aromatic N) is 2. The van der Waals surface area contributed by atoms with Gasteiger partial charge in [0.1, 0.15) is 5.15 Å². The molecule has 2 aromatic rings. The van der Waals surface area contributed by atoms with Crippen molar-refractivity contribution in [3.63, 3.8) is 0 Å². The first-order valence-electron chi connectivity index (χ1n) is 5.43. The lowest BCUT2D eigenvalue weighted by Gasteiger charge is -2.06. The summed E-state index contributed by atoms with van der Waals surface area (Å²) in [5.41, 5.74) is 2.75. The minimum Gasteiger partial charge on any atom is -0.322 e. The van der Waals surface area contributed by atoms with Crippen LogP contribution in [0.25, 0.3) is 0 Å². The van der Waals surface area contributed by atoms with E-state index >= 15 is 0 Å². The maximum absolute atomic E-state index is 12.0. The van der Waals surface area contributed by atoms with Gasteiger partial charge >= 0.3 is 0 Å². The van der Waals surface area contributed by atoms with Gasteiger partial charge in [-0.15, -0.1) is 0 Å². The zero-order chi connectivity index (χ0) is 13.1. The van der Waals surface area contributed by atoms with E-state index in [1.807, 2.05) is 6.92 Å². The van der Waals surface area contributed by atoms with Crippen molar-refractivity contribution in [3.8, 4) is 0 Å². The van der Waals surface area contributed by atoms with Gasteiger partial charge in [-0.2, -0.15) is 0 Å². The molecule has 0 aromatic carbocycles. The molecule has 5 heteroatoms. The Morgan fingerprint density at radius 3 is 2.67 bits per heavy atom. The highest BCUT2D eigenvalue weighted by atomic mass is 35.5. The molecule has 92 valence electrons. The molecule has 0 saturated heterocycles. The van der Waals surface area contributed by atoms with Crippen molar-refractivity contribution in [2.24, 2.45) is 0 Å². The van der Waals surface area contributed by atoms with E-state index in [1.165, 1.54) is 6.07 Å². The standard InChI is InChI=1S/C13H12ClN3O/c1-8-6-11(3-4-15-8)17-13(18)10-5-9(2)16-12(14)7-10/h3-7H,1-2H3,(H,15,17,18). The number of hydrogen-bond acceptors (Lipinski definition) is 3. The van der Waals surface area contributed by atoms with Crippen LogP contribution in [0.3, 0.4) is 0 Å². The van der Waals surface area contributed by atoms with E-state index in [0.29, 0.717) is 22.1 Å². The van der Waals surface area contributed by atoms with Crippen LogP contribution in [-0.4, -0.2) is 15.9 Å². The Morgan fingerprint density at radius 2 is 2.00 bits per heavy atom. The maximum atomic E-state index is 12.0. The minimum atomic E-state index is -0.215. The monoisotopic (exact) mass is 261 g/mol. The van der Waals surface area contributed by atoms with E-state index in [0.717, 1.165) is 5.69 Å². The topological polar surface area (TPSA) is 54.9 Å². The molecule has 0 atom stereocenters. The van der Waals surface area contributed by atoms with E-state index in [9.17, 15) is 4.79 Å². The van der Waals surface area contributed by atoms with Crippen LogP contribution in [0.1, 0.15) is 21.7 Å². The third kappa shape index (κ3) is 3.05. The molecule has 0 aliphatic heterocycles. The summed E-state index contributed by atoms with van der Waals surface area (Å²) in [4.78, 5) is 20.1. The molecule has 18 heavy (non-hydrogen) atoms. The number of hydrogen-bond donors (Lipinski definition) is 1. The second kappa shape index (κ2) is 5.14. The summed E-state index contributed by atoms with van der Waals surface area (Å²) in [6, 6.07) is 6.77. The summed E-state index contributed by atoms with van der Waals surface area (Å²) in [6.07, 6.45) is 1.65. The molecule has 0 saturated carbocycles. The van der Waals surface area contributed by atoms with Crippen molar-refractivity contribution < 1.29 is 4.79 Å². The Kier molecular flexibility index (Phi) is 3.58. The van der Waals surface area contributed by atoms with Crippen molar-refractivity contribution in [1.29, 1.82) is 0 Å². The second-order valence-corrected chi connectivity index (χ2v) is 4.35. The number of aromatic nitrogens is 2. The van der Waals surface area contributed by atoms with Gasteiger partial charge in [0.2, 0.25) is 0 Å². The second-order valence-electron chi connectivity index (χ2n) is 3.96. The fourth-order valence-corrected chi connectivity index (χ4v) is 1.84. The average Bonchev–Trinajstić information content (AvgIpc) is 2.27. The maximum Gasteiger partial charge on any atom is 0.255 e. The van der Waals surface area contributed by atoms with Crippen LogP contribution in [0.15, 0.2) is 30.5 Å². The Morgan fingerprint density at radius 1 is 1.22 bits per heavy atom. The number of nitrogens with one attached hydrogen (secondary N) is 1. The minimum absolute atomic E-state index is 0.215. The molecule has 0 radical (unpaired) electrons. The van der Waals surface area contributed by atoms with Crippen LogP contribution in [0, 0.1) is 13.8 Å². The molecule has 0 bridgehead atoms. The van der Waals surface area contributed by atoms with Crippen LogP contribution < -0.4 is 5.32 Å². The lowest BCUT2D eigenvalue weighted by Crippen LogP contribution is -2.12. The molecule has 0 spiro atoms. The molecule has 2 aromatic heterocycles. The molecule has 0 aliphatic rings. The summed E-state index contributed by atoms with van der Waals surface area (Å²) in [6.45, 7) is 3.66. The van der Waals surface area contributed by atoms with Crippen LogP contribution in [0.5, 0.6) is 0 Å². The first kappa shape index (κ1) is 12.5. The number of carbonyl (C=O) groups is 1. The molecule has 2 heterocycles. The quantitative estimate of drug-likeness (QED) is 0.846. The third-order valence-corrected chi connectivity index (χ3v) is 2.53. The Labute approximate surface area is 110 Å². The lowest BCUT2D eigenvalue weighted by atomic mass is 10.2. The van der Waals surface area contributed by atoms with Crippen molar-refractivity contribution >= 4 is 23.2 Å². The summed E-state index contributed by atoms with van der Waals surface area (Å²) < 4.78 is 0. The molecule has 0 aliphatic carbocycles. The molecule has 2 rings (SSSR count). The van der Waals surface area contributed by atoms with E-state index in [2.05, 4.69) is 15.3 Å². The molecule has 1 amide bonds. The van der Waals surface area contributed by atoms with Crippen molar-refractivity contribution in [1.82, 2.24) is 9.97 Å². The Balaban J connectivity index is 2.22. The number of rotatable bonds is 2. The predicted molar refractivity (Wildman–Crippen MR) is 70.9 cm³/mol. The lowest BCUT2D eigenvalue weighted by molar-refractivity contribution is 0.102. The fraction of sp³-hybridized carbons (Fsp3) is 0.154. The smallest absolute Gasteiger partial charge is 0.255 e. The number of carbonyl (C=O) groups excluding carboxylic acids is 1. The molecular formula is C13H12ClN3O. The number of aryl methyl sites for hydroxylation is 2. The van der Waals surface area contributed by atoms with Crippen LogP contribution in [0.2, 0.25) is 5.15 Å². The zero-order valence-electron chi connectivity index (χ0n) is 10.1. The van der Waals surface area contributed by atoms with Crippen LogP contribution >= 0.6 is 11.6 Å². The van der Waals surface area contributed by atoms with Gasteiger partial charge in [0.05, 0.1) is 0 Å². The fourth-order valence-electron chi connectivity index (χ4n) is 1.59. The first-order chi connectivity index (χ1) is 8.54. The van der Waals surface area contributed by atoms with E-state index < -0.39 is 0 Å². The third-order valence-electron chi connectivity index (χ3n) is 2.34. The van der Waals surface area contributed by atoms with Gasteiger partial charge in [-0.25, -0.2) is 4.98 Å².